The van der Waals surface area contributed by atoms with E-state index < -0.39 is 34.8 Å². The lowest BCUT2D eigenvalue weighted by Crippen LogP contribution is -2.52. The lowest BCUT2D eigenvalue weighted by molar-refractivity contribution is -0.161. The highest BCUT2D eigenvalue weighted by Gasteiger charge is 2.46. The highest BCUT2D eigenvalue weighted by molar-refractivity contribution is 5.94. The second-order valence-electron chi connectivity index (χ2n) is 7.41. The third-order valence-corrected chi connectivity index (χ3v) is 5.23. The Kier molecular flexibility index (Phi) is 6.09. The maximum atomic E-state index is 15.0. The number of hydrogen-bond donors (Lipinski definition) is 1. The summed E-state index contributed by atoms with van der Waals surface area (Å²) in [4.78, 5) is 29.0. The lowest BCUT2D eigenvalue weighted by Gasteiger charge is -2.37. The quantitative estimate of drug-likeness (QED) is 0.750. The maximum Gasteiger partial charge on any atom is 0.351 e. The number of piperidine rings is 1. The van der Waals surface area contributed by atoms with E-state index in [-0.39, 0.29) is 38.0 Å². The summed E-state index contributed by atoms with van der Waals surface area (Å²) in [7, 11) is 0. The van der Waals surface area contributed by atoms with Crippen LogP contribution in [0.5, 0.6) is 0 Å². The van der Waals surface area contributed by atoms with Crippen molar-refractivity contribution < 1.29 is 27.2 Å². The Bertz CT molecular complexity index is 929. The van der Waals surface area contributed by atoms with Crippen molar-refractivity contribution in [3.8, 4) is 0 Å². The molecular formula is C21H21F4N3O2. The number of rotatable bonds is 5. The van der Waals surface area contributed by atoms with E-state index in [0.717, 1.165) is 23.2 Å². The standard InChI is InChI=1S/C21H21F4N3O2/c1-14-11-15(4-5-17(14)22)18(29)27-13-20(23)6-9-28(10-7-20)19(30)21(24,25)16-3-2-8-26-12-16/h2-5,8,11-12H,6-7,9-10,13H2,1H3,(H,27,29). The molecule has 1 saturated heterocycles. The third-order valence-electron chi connectivity index (χ3n) is 5.23. The summed E-state index contributed by atoms with van der Waals surface area (Å²) < 4.78 is 57.2. The Morgan fingerprint density at radius 2 is 1.93 bits per heavy atom. The van der Waals surface area contributed by atoms with Crippen LogP contribution < -0.4 is 5.32 Å². The van der Waals surface area contributed by atoms with E-state index in [1.807, 2.05) is 0 Å². The molecule has 1 aliphatic heterocycles. The zero-order chi connectivity index (χ0) is 21.9. The number of likely N-dealkylation sites (tertiary alicyclic amines) is 1. The monoisotopic (exact) mass is 423 g/mol. The molecule has 2 amide bonds. The van der Waals surface area contributed by atoms with Crippen molar-refractivity contribution in [2.75, 3.05) is 19.6 Å². The van der Waals surface area contributed by atoms with Gasteiger partial charge in [0.2, 0.25) is 0 Å². The molecule has 3 rings (SSSR count). The van der Waals surface area contributed by atoms with Gasteiger partial charge < -0.3 is 10.2 Å². The van der Waals surface area contributed by atoms with Crippen molar-refractivity contribution in [3.63, 3.8) is 0 Å². The van der Waals surface area contributed by atoms with Gasteiger partial charge in [-0.2, -0.15) is 8.78 Å². The van der Waals surface area contributed by atoms with Crippen LogP contribution in [0.1, 0.15) is 34.3 Å². The molecule has 0 saturated carbocycles. The highest BCUT2D eigenvalue weighted by Crippen LogP contribution is 2.33. The number of hydrogen-bond acceptors (Lipinski definition) is 3. The van der Waals surface area contributed by atoms with Crippen molar-refractivity contribution >= 4 is 11.8 Å². The summed E-state index contributed by atoms with van der Waals surface area (Å²) in [5, 5.41) is 2.46. The molecule has 0 atom stereocenters. The predicted octanol–water partition coefficient (Wildman–Crippen LogP) is 3.38. The van der Waals surface area contributed by atoms with Crippen LogP contribution in [-0.4, -0.2) is 47.0 Å². The van der Waals surface area contributed by atoms with Crippen LogP contribution in [0, 0.1) is 12.7 Å². The fraction of sp³-hybridized carbons (Fsp3) is 0.381. The van der Waals surface area contributed by atoms with Gasteiger partial charge in [-0.15, -0.1) is 0 Å². The number of alkyl halides is 3. The minimum Gasteiger partial charge on any atom is -0.349 e. The van der Waals surface area contributed by atoms with Crippen LogP contribution in [0.3, 0.4) is 0 Å². The molecular weight excluding hydrogens is 402 g/mol. The van der Waals surface area contributed by atoms with Crippen LogP contribution in [0.4, 0.5) is 17.6 Å². The zero-order valence-corrected chi connectivity index (χ0v) is 16.3. The second kappa shape index (κ2) is 8.41. The van der Waals surface area contributed by atoms with Gasteiger partial charge >= 0.3 is 5.92 Å². The third kappa shape index (κ3) is 4.60. The van der Waals surface area contributed by atoms with Crippen molar-refractivity contribution in [1.82, 2.24) is 15.2 Å². The largest absolute Gasteiger partial charge is 0.351 e. The van der Waals surface area contributed by atoms with Crippen LogP contribution >= 0.6 is 0 Å². The molecule has 2 heterocycles. The molecule has 0 unspecified atom stereocenters. The zero-order valence-electron chi connectivity index (χ0n) is 16.3. The molecule has 30 heavy (non-hydrogen) atoms. The van der Waals surface area contributed by atoms with Gasteiger partial charge in [-0.05, 0) is 42.8 Å². The SMILES string of the molecule is Cc1cc(C(=O)NCC2(F)CCN(C(=O)C(F)(F)c3cccnc3)CC2)ccc1F. The number of amides is 2. The van der Waals surface area contributed by atoms with Gasteiger partial charge in [0.05, 0.1) is 6.54 Å². The fourth-order valence-electron chi connectivity index (χ4n) is 3.28. The molecule has 0 spiro atoms. The van der Waals surface area contributed by atoms with Gasteiger partial charge in [0, 0.05) is 49.5 Å². The number of pyridine rings is 1. The van der Waals surface area contributed by atoms with Crippen molar-refractivity contribution in [2.24, 2.45) is 0 Å². The number of nitrogens with zero attached hydrogens (tertiary/aromatic N) is 2. The van der Waals surface area contributed by atoms with E-state index in [9.17, 15) is 22.8 Å². The molecule has 1 aromatic heterocycles. The first-order chi connectivity index (χ1) is 14.1. The molecule has 9 heteroatoms. The summed E-state index contributed by atoms with van der Waals surface area (Å²) in [5.74, 6) is -6.16. The number of carbonyl (C=O) groups excluding carboxylic acids is 2. The lowest BCUT2D eigenvalue weighted by atomic mass is 9.92. The van der Waals surface area contributed by atoms with E-state index in [2.05, 4.69) is 10.3 Å². The van der Waals surface area contributed by atoms with E-state index in [1.165, 1.54) is 31.3 Å². The van der Waals surface area contributed by atoms with E-state index in [0.29, 0.717) is 5.56 Å². The van der Waals surface area contributed by atoms with Gasteiger partial charge in [-0.25, -0.2) is 8.78 Å². The molecule has 160 valence electrons. The van der Waals surface area contributed by atoms with Crippen molar-refractivity contribution in [1.29, 1.82) is 0 Å². The number of halogens is 4. The van der Waals surface area contributed by atoms with E-state index >= 15 is 4.39 Å². The minimum atomic E-state index is -3.75. The first-order valence-electron chi connectivity index (χ1n) is 9.43. The molecule has 0 bridgehead atoms. The average molecular weight is 423 g/mol. The Morgan fingerprint density at radius 1 is 1.23 bits per heavy atom. The Balaban J connectivity index is 1.56. The number of aromatic nitrogens is 1. The molecule has 1 aromatic carbocycles. The molecule has 1 fully saturated rings. The van der Waals surface area contributed by atoms with Crippen LogP contribution in [0.15, 0.2) is 42.7 Å². The smallest absolute Gasteiger partial charge is 0.349 e. The minimum absolute atomic E-state index is 0.190. The fourth-order valence-corrected chi connectivity index (χ4v) is 3.28. The van der Waals surface area contributed by atoms with E-state index in [4.69, 9.17) is 0 Å². The number of nitrogens with one attached hydrogen (secondary N) is 1. The van der Waals surface area contributed by atoms with E-state index in [1.54, 1.807) is 0 Å². The van der Waals surface area contributed by atoms with Gasteiger partial charge in [-0.3, -0.25) is 14.6 Å². The maximum absolute atomic E-state index is 15.0. The van der Waals surface area contributed by atoms with Crippen molar-refractivity contribution in [2.45, 2.75) is 31.4 Å². The van der Waals surface area contributed by atoms with Gasteiger partial charge in [0.1, 0.15) is 11.5 Å². The molecule has 0 radical (unpaired) electrons. The van der Waals surface area contributed by atoms with Gasteiger partial charge in [-0.1, -0.05) is 0 Å². The van der Waals surface area contributed by atoms with Crippen LogP contribution in [0.25, 0.3) is 0 Å². The van der Waals surface area contributed by atoms with Gasteiger partial charge in [0.15, 0.2) is 0 Å². The second-order valence-corrected chi connectivity index (χ2v) is 7.41. The summed E-state index contributed by atoms with van der Waals surface area (Å²) in [6.45, 7) is 0.785. The van der Waals surface area contributed by atoms with Crippen molar-refractivity contribution in [3.05, 3.63) is 65.2 Å². The Labute approximate surface area is 171 Å². The first-order valence-corrected chi connectivity index (χ1v) is 9.43. The topological polar surface area (TPSA) is 62.3 Å². The number of aryl methyl sites for hydroxylation is 1. The summed E-state index contributed by atoms with van der Waals surface area (Å²) in [6.07, 6.45) is 1.87. The summed E-state index contributed by atoms with van der Waals surface area (Å²) >= 11 is 0. The molecule has 1 N–H and O–H groups in total. The average Bonchev–Trinajstić information content (AvgIpc) is 2.74. The molecule has 1 aliphatic rings. The number of benzene rings is 1. The molecule has 0 aliphatic carbocycles. The van der Waals surface area contributed by atoms with Gasteiger partial charge in [0.25, 0.3) is 11.8 Å². The van der Waals surface area contributed by atoms with Crippen LogP contribution in [0.2, 0.25) is 0 Å². The summed E-state index contributed by atoms with van der Waals surface area (Å²) in [5.41, 5.74) is -1.86. The first kappa shape index (κ1) is 21.7. The Morgan fingerprint density at radius 3 is 2.53 bits per heavy atom. The predicted molar refractivity (Wildman–Crippen MR) is 101 cm³/mol. The van der Waals surface area contributed by atoms with Crippen LogP contribution in [-0.2, 0) is 10.7 Å². The highest BCUT2D eigenvalue weighted by atomic mass is 19.3. The number of carbonyl (C=O) groups is 2. The normalized spacial score (nSPS) is 16.2. The molecule has 2 aromatic rings. The Hall–Kier alpha value is -2.97. The molecule has 5 nitrogen and oxygen atoms in total. The summed E-state index contributed by atoms with van der Waals surface area (Å²) in [6, 6.07) is 6.23.